The molecule has 0 aliphatic heterocycles. The minimum atomic E-state index is -0.902. The van der Waals surface area contributed by atoms with Crippen molar-refractivity contribution in [3.63, 3.8) is 0 Å². The van der Waals surface area contributed by atoms with E-state index in [4.69, 9.17) is 5.11 Å². The van der Waals surface area contributed by atoms with Crippen LogP contribution in [0.3, 0.4) is 0 Å². The number of carbonyl (C=O) groups is 2. The topological polar surface area (TPSA) is 66.4 Å². The first kappa shape index (κ1) is 17.6. The Labute approximate surface area is 130 Å². The molecule has 0 saturated carbocycles. The molecule has 116 valence electrons. The van der Waals surface area contributed by atoms with Gasteiger partial charge in [0.25, 0.3) is 0 Å². The van der Waals surface area contributed by atoms with Gasteiger partial charge in [-0.05, 0) is 23.1 Å². The number of carbonyl (C=O) groups excluding carboxylic acids is 1. The smallest absolute Gasteiger partial charge is 0.308 e. The van der Waals surface area contributed by atoms with Gasteiger partial charge in [-0.2, -0.15) is 0 Å². The first-order valence-electron chi connectivity index (χ1n) is 6.93. The number of carboxylic acid groups (broad SMARTS) is 1. The molecule has 0 saturated heterocycles. The van der Waals surface area contributed by atoms with Crippen LogP contribution in [0.25, 0.3) is 0 Å². The second kappa shape index (κ2) is 7.50. The van der Waals surface area contributed by atoms with Crippen LogP contribution in [0.2, 0.25) is 0 Å². The Morgan fingerprint density at radius 2 is 1.81 bits per heavy atom. The summed E-state index contributed by atoms with van der Waals surface area (Å²) >= 11 is 1.45. The van der Waals surface area contributed by atoms with Crippen LogP contribution in [0.5, 0.6) is 0 Å². The van der Waals surface area contributed by atoms with Gasteiger partial charge in [0.15, 0.2) is 0 Å². The lowest BCUT2D eigenvalue weighted by molar-refractivity contribution is -0.141. The second-order valence-corrected chi connectivity index (χ2v) is 7.16. The maximum Gasteiger partial charge on any atom is 0.308 e. The third-order valence-corrected chi connectivity index (χ3v) is 4.13. The number of nitrogens with one attached hydrogen (secondary N) is 1. The molecule has 0 fully saturated rings. The minimum absolute atomic E-state index is 0.119. The van der Waals surface area contributed by atoms with Crippen LogP contribution in [0.15, 0.2) is 29.2 Å². The van der Waals surface area contributed by atoms with Crippen molar-refractivity contribution in [2.24, 2.45) is 5.92 Å². The lowest BCUT2D eigenvalue weighted by Crippen LogP contribution is -2.32. The molecular weight excluding hydrogens is 286 g/mol. The number of aliphatic carboxylic acids is 1. The third kappa shape index (κ3) is 6.21. The number of hydrogen-bond acceptors (Lipinski definition) is 3. The minimum Gasteiger partial charge on any atom is -0.481 e. The van der Waals surface area contributed by atoms with Crippen molar-refractivity contribution in [1.29, 1.82) is 0 Å². The first-order chi connectivity index (χ1) is 9.70. The molecule has 1 aromatic rings. The molecule has 0 radical (unpaired) electrons. The van der Waals surface area contributed by atoms with E-state index in [1.165, 1.54) is 17.3 Å². The van der Waals surface area contributed by atoms with Gasteiger partial charge in [0, 0.05) is 11.4 Å². The van der Waals surface area contributed by atoms with Gasteiger partial charge in [-0.3, -0.25) is 9.59 Å². The lowest BCUT2D eigenvalue weighted by atomic mass is 9.87. The Morgan fingerprint density at radius 3 is 2.29 bits per heavy atom. The predicted molar refractivity (Wildman–Crippen MR) is 85.7 cm³/mol. The van der Waals surface area contributed by atoms with E-state index in [0.29, 0.717) is 5.75 Å². The molecule has 0 aliphatic carbocycles. The molecule has 0 heterocycles. The highest BCUT2D eigenvalue weighted by Gasteiger charge is 2.14. The van der Waals surface area contributed by atoms with Crippen molar-refractivity contribution in [2.45, 2.75) is 38.0 Å². The average Bonchev–Trinajstić information content (AvgIpc) is 2.41. The van der Waals surface area contributed by atoms with Gasteiger partial charge >= 0.3 is 5.97 Å². The predicted octanol–water partition coefficient (Wildman–Crippen LogP) is 2.91. The number of amides is 1. The zero-order chi connectivity index (χ0) is 16.0. The number of rotatable bonds is 6. The van der Waals surface area contributed by atoms with E-state index < -0.39 is 11.9 Å². The van der Waals surface area contributed by atoms with Gasteiger partial charge in [-0.15, -0.1) is 11.8 Å². The van der Waals surface area contributed by atoms with Crippen LogP contribution in [0.1, 0.15) is 33.3 Å². The van der Waals surface area contributed by atoms with E-state index in [1.54, 1.807) is 6.92 Å². The fraction of sp³-hybridized carbons (Fsp3) is 0.500. The molecule has 5 heteroatoms. The number of thioether (sulfide) groups is 1. The quantitative estimate of drug-likeness (QED) is 0.793. The van der Waals surface area contributed by atoms with E-state index in [2.05, 4.69) is 38.2 Å². The van der Waals surface area contributed by atoms with Crippen LogP contribution in [0, 0.1) is 5.92 Å². The summed E-state index contributed by atoms with van der Waals surface area (Å²) in [6.45, 7) is 8.21. The largest absolute Gasteiger partial charge is 0.481 e. The fourth-order valence-electron chi connectivity index (χ4n) is 1.61. The summed E-state index contributed by atoms with van der Waals surface area (Å²) in [6, 6.07) is 8.18. The molecule has 1 amide bonds. The molecule has 1 aromatic carbocycles. The molecule has 0 bridgehead atoms. The summed E-state index contributed by atoms with van der Waals surface area (Å²) in [6.07, 6.45) is 0. The summed E-state index contributed by atoms with van der Waals surface area (Å²) in [5.41, 5.74) is 1.37. The number of hydrogen-bond donors (Lipinski definition) is 2. The van der Waals surface area contributed by atoms with Gasteiger partial charge < -0.3 is 10.4 Å². The molecule has 4 nitrogen and oxygen atoms in total. The molecule has 21 heavy (non-hydrogen) atoms. The lowest BCUT2D eigenvalue weighted by Gasteiger charge is -2.19. The second-order valence-electron chi connectivity index (χ2n) is 6.11. The highest BCUT2D eigenvalue weighted by Crippen LogP contribution is 2.25. The Morgan fingerprint density at radius 1 is 1.24 bits per heavy atom. The molecule has 1 unspecified atom stereocenters. The molecular formula is C16H23NO3S. The average molecular weight is 309 g/mol. The van der Waals surface area contributed by atoms with Crippen molar-refractivity contribution in [1.82, 2.24) is 5.32 Å². The maximum atomic E-state index is 11.6. The molecule has 0 spiro atoms. The van der Waals surface area contributed by atoms with Crippen LogP contribution in [0.4, 0.5) is 0 Å². The molecule has 1 atom stereocenters. The first-order valence-corrected chi connectivity index (χ1v) is 7.91. The Kier molecular flexibility index (Phi) is 6.27. The van der Waals surface area contributed by atoms with Gasteiger partial charge in [0.05, 0.1) is 11.7 Å². The van der Waals surface area contributed by atoms with Gasteiger partial charge in [-0.25, -0.2) is 0 Å². The van der Waals surface area contributed by atoms with Gasteiger partial charge in [-0.1, -0.05) is 39.8 Å². The van der Waals surface area contributed by atoms with Crippen molar-refractivity contribution in [3.05, 3.63) is 29.8 Å². The number of carboxylic acids is 1. The van der Waals surface area contributed by atoms with E-state index >= 15 is 0 Å². The standard InChI is InChI=1S/C16H23NO3S/c1-11(15(19)20)9-17-14(18)10-21-13-7-5-12(6-8-13)16(2,3)4/h5-8,11H,9-10H2,1-4H3,(H,17,18)(H,19,20). The molecule has 2 N–H and O–H groups in total. The SMILES string of the molecule is CC(CNC(=O)CSc1ccc(C(C)(C)C)cc1)C(=O)O. The monoisotopic (exact) mass is 309 g/mol. The maximum absolute atomic E-state index is 11.6. The van der Waals surface area contributed by atoms with Gasteiger partial charge in [0.1, 0.15) is 0 Å². The molecule has 0 aliphatic rings. The van der Waals surface area contributed by atoms with Crippen LogP contribution >= 0.6 is 11.8 Å². The highest BCUT2D eigenvalue weighted by molar-refractivity contribution is 8.00. The summed E-state index contributed by atoms with van der Waals surface area (Å²) in [5, 5.41) is 11.4. The Balaban J connectivity index is 2.41. The van der Waals surface area contributed by atoms with Crippen LogP contribution < -0.4 is 5.32 Å². The van der Waals surface area contributed by atoms with E-state index in [9.17, 15) is 9.59 Å². The van der Waals surface area contributed by atoms with Crippen molar-refractivity contribution < 1.29 is 14.7 Å². The number of benzene rings is 1. The van der Waals surface area contributed by atoms with Crippen molar-refractivity contribution >= 4 is 23.6 Å². The van der Waals surface area contributed by atoms with Crippen molar-refractivity contribution in [3.8, 4) is 0 Å². The fourth-order valence-corrected chi connectivity index (χ4v) is 2.33. The van der Waals surface area contributed by atoms with Crippen LogP contribution in [-0.2, 0) is 15.0 Å². The van der Waals surface area contributed by atoms with E-state index in [0.717, 1.165) is 4.90 Å². The summed E-state index contributed by atoms with van der Waals surface area (Å²) in [7, 11) is 0. The van der Waals surface area contributed by atoms with Crippen LogP contribution in [-0.4, -0.2) is 29.3 Å². The zero-order valence-electron chi connectivity index (χ0n) is 13.0. The summed E-state index contributed by atoms with van der Waals surface area (Å²) < 4.78 is 0. The van der Waals surface area contributed by atoms with E-state index in [1.807, 2.05) is 12.1 Å². The van der Waals surface area contributed by atoms with Gasteiger partial charge in [0.2, 0.25) is 5.91 Å². The zero-order valence-corrected chi connectivity index (χ0v) is 13.8. The van der Waals surface area contributed by atoms with E-state index in [-0.39, 0.29) is 17.9 Å². The molecule has 1 rings (SSSR count). The highest BCUT2D eigenvalue weighted by atomic mass is 32.2. The Bertz CT molecular complexity index is 491. The Hall–Kier alpha value is -1.49. The summed E-state index contributed by atoms with van der Waals surface area (Å²) in [4.78, 5) is 23.3. The molecule has 0 aromatic heterocycles. The third-order valence-electron chi connectivity index (χ3n) is 3.12. The van der Waals surface area contributed by atoms with Crippen molar-refractivity contribution in [2.75, 3.05) is 12.3 Å². The normalized spacial score (nSPS) is 12.8. The summed E-state index contributed by atoms with van der Waals surface area (Å²) in [5.74, 6) is -1.32.